The number of carboxylic acid groups (broad SMARTS) is 1. The van der Waals surface area contributed by atoms with Gasteiger partial charge in [-0.3, -0.25) is 0 Å². The fourth-order valence-corrected chi connectivity index (χ4v) is 2.36. The van der Waals surface area contributed by atoms with Crippen molar-refractivity contribution >= 4 is 46.2 Å². The summed E-state index contributed by atoms with van der Waals surface area (Å²) < 4.78 is 0. The van der Waals surface area contributed by atoms with E-state index in [1.807, 2.05) is 0 Å². The molecule has 7 heteroatoms. The SMILES string of the molecule is O=C(O)c1ccc(CNc2nc3cc(Cl)c(Cl)cc3[nH]2)cc1. The van der Waals surface area contributed by atoms with E-state index in [9.17, 15) is 4.79 Å². The number of aromatic nitrogens is 2. The predicted molar refractivity (Wildman–Crippen MR) is 86.8 cm³/mol. The molecule has 1 aromatic heterocycles. The number of benzene rings is 2. The molecule has 0 aliphatic heterocycles. The molecule has 2 aromatic carbocycles. The topological polar surface area (TPSA) is 78.0 Å². The van der Waals surface area contributed by atoms with Crippen molar-refractivity contribution in [3.63, 3.8) is 0 Å². The molecule has 0 saturated carbocycles. The molecular weight excluding hydrogens is 325 g/mol. The zero-order valence-corrected chi connectivity index (χ0v) is 12.7. The minimum Gasteiger partial charge on any atom is -0.478 e. The maximum atomic E-state index is 10.8. The Hall–Kier alpha value is -2.24. The summed E-state index contributed by atoms with van der Waals surface area (Å²) in [5.74, 6) is -0.346. The van der Waals surface area contributed by atoms with Gasteiger partial charge >= 0.3 is 5.97 Å². The van der Waals surface area contributed by atoms with Gasteiger partial charge in [-0.15, -0.1) is 0 Å². The van der Waals surface area contributed by atoms with E-state index in [0.29, 0.717) is 22.5 Å². The number of hydrogen-bond acceptors (Lipinski definition) is 3. The molecule has 0 aliphatic rings. The second-order valence-corrected chi connectivity index (χ2v) is 5.54. The summed E-state index contributed by atoms with van der Waals surface area (Å²) in [7, 11) is 0. The molecule has 3 aromatic rings. The monoisotopic (exact) mass is 335 g/mol. The van der Waals surface area contributed by atoms with E-state index in [4.69, 9.17) is 28.3 Å². The smallest absolute Gasteiger partial charge is 0.335 e. The molecule has 22 heavy (non-hydrogen) atoms. The summed E-state index contributed by atoms with van der Waals surface area (Å²) in [4.78, 5) is 18.3. The number of nitrogens with one attached hydrogen (secondary N) is 2. The first-order chi connectivity index (χ1) is 10.5. The Kier molecular flexibility index (Phi) is 3.92. The summed E-state index contributed by atoms with van der Waals surface area (Å²) in [6, 6.07) is 10.1. The summed E-state index contributed by atoms with van der Waals surface area (Å²) in [5.41, 5.74) is 2.72. The number of hydrogen-bond donors (Lipinski definition) is 3. The highest BCUT2D eigenvalue weighted by Gasteiger charge is 2.07. The fourth-order valence-electron chi connectivity index (χ4n) is 2.04. The number of carboxylic acids is 1. The number of carbonyl (C=O) groups is 1. The van der Waals surface area contributed by atoms with Crippen LogP contribution < -0.4 is 5.32 Å². The van der Waals surface area contributed by atoms with Crippen LogP contribution in [0.15, 0.2) is 36.4 Å². The van der Waals surface area contributed by atoms with E-state index >= 15 is 0 Å². The third-order valence-electron chi connectivity index (χ3n) is 3.18. The molecule has 0 radical (unpaired) electrons. The van der Waals surface area contributed by atoms with Crippen LogP contribution in [0, 0.1) is 0 Å². The largest absolute Gasteiger partial charge is 0.478 e. The molecule has 3 rings (SSSR count). The number of H-pyrrole nitrogens is 1. The van der Waals surface area contributed by atoms with Crippen molar-refractivity contribution in [2.75, 3.05) is 5.32 Å². The van der Waals surface area contributed by atoms with Crippen molar-refractivity contribution < 1.29 is 9.90 Å². The molecule has 0 bridgehead atoms. The fraction of sp³-hybridized carbons (Fsp3) is 0.0667. The lowest BCUT2D eigenvalue weighted by atomic mass is 10.1. The average Bonchev–Trinajstić information content (AvgIpc) is 2.88. The number of nitrogens with zero attached hydrogens (tertiary/aromatic N) is 1. The van der Waals surface area contributed by atoms with Crippen LogP contribution in [0.2, 0.25) is 10.0 Å². The first-order valence-corrected chi connectivity index (χ1v) is 7.19. The Balaban J connectivity index is 1.74. The van der Waals surface area contributed by atoms with Crippen LogP contribution in [0.4, 0.5) is 5.95 Å². The number of anilines is 1. The van der Waals surface area contributed by atoms with Crippen LogP contribution >= 0.6 is 23.2 Å². The van der Waals surface area contributed by atoms with Gasteiger partial charge in [0.05, 0.1) is 26.6 Å². The van der Waals surface area contributed by atoms with Gasteiger partial charge in [0.1, 0.15) is 0 Å². The van der Waals surface area contributed by atoms with Gasteiger partial charge in [0.15, 0.2) is 0 Å². The van der Waals surface area contributed by atoms with Crippen molar-refractivity contribution in [2.24, 2.45) is 0 Å². The third-order valence-corrected chi connectivity index (χ3v) is 3.91. The Labute approximate surface area is 135 Å². The van der Waals surface area contributed by atoms with Gasteiger partial charge in [-0.25, -0.2) is 9.78 Å². The van der Waals surface area contributed by atoms with E-state index in [1.54, 1.807) is 36.4 Å². The lowest BCUT2D eigenvalue weighted by molar-refractivity contribution is 0.0697. The number of rotatable bonds is 4. The van der Waals surface area contributed by atoms with Crippen LogP contribution in [-0.2, 0) is 6.54 Å². The second-order valence-electron chi connectivity index (χ2n) is 4.72. The molecule has 0 unspecified atom stereocenters. The Morgan fingerprint density at radius 1 is 1.18 bits per heavy atom. The van der Waals surface area contributed by atoms with Gasteiger partial charge in [-0.1, -0.05) is 35.3 Å². The van der Waals surface area contributed by atoms with Gasteiger partial charge in [0.25, 0.3) is 0 Å². The summed E-state index contributed by atoms with van der Waals surface area (Å²) >= 11 is 11.9. The van der Waals surface area contributed by atoms with Gasteiger partial charge in [-0.2, -0.15) is 0 Å². The van der Waals surface area contributed by atoms with Crippen molar-refractivity contribution in [3.8, 4) is 0 Å². The molecule has 112 valence electrons. The number of aromatic amines is 1. The van der Waals surface area contributed by atoms with Crippen LogP contribution in [0.25, 0.3) is 11.0 Å². The molecule has 0 saturated heterocycles. The molecule has 1 heterocycles. The molecule has 5 nitrogen and oxygen atoms in total. The van der Waals surface area contributed by atoms with E-state index in [1.165, 1.54) is 0 Å². The molecule has 0 amide bonds. The maximum Gasteiger partial charge on any atom is 0.335 e. The van der Waals surface area contributed by atoms with Crippen molar-refractivity contribution in [1.82, 2.24) is 9.97 Å². The highest BCUT2D eigenvalue weighted by Crippen LogP contribution is 2.27. The number of imidazole rings is 1. The first-order valence-electron chi connectivity index (χ1n) is 6.44. The lowest BCUT2D eigenvalue weighted by Gasteiger charge is -2.03. The molecule has 0 spiro atoms. The van der Waals surface area contributed by atoms with Gasteiger partial charge in [-0.05, 0) is 29.8 Å². The van der Waals surface area contributed by atoms with E-state index in [-0.39, 0.29) is 5.56 Å². The highest BCUT2D eigenvalue weighted by atomic mass is 35.5. The quantitative estimate of drug-likeness (QED) is 0.668. The van der Waals surface area contributed by atoms with E-state index in [2.05, 4.69) is 15.3 Å². The van der Waals surface area contributed by atoms with Gasteiger partial charge < -0.3 is 15.4 Å². The second kappa shape index (κ2) is 5.87. The molecule has 0 aliphatic carbocycles. The van der Waals surface area contributed by atoms with Gasteiger partial charge in [0.2, 0.25) is 5.95 Å². The summed E-state index contributed by atoms with van der Waals surface area (Å²) in [5, 5.41) is 12.9. The minimum atomic E-state index is -0.939. The van der Waals surface area contributed by atoms with Crippen LogP contribution in [0.1, 0.15) is 15.9 Å². The van der Waals surface area contributed by atoms with E-state index < -0.39 is 5.97 Å². The minimum absolute atomic E-state index is 0.261. The number of aromatic carboxylic acids is 1. The third kappa shape index (κ3) is 3.00. The van der Waals surface area contributed by atoms with E-state index in [0.717, 1.165) is 16.6 Å². The zero-order valence-electron chi connectivity index (χ0n) is 11.2. The molecule has 3 N–H and O–H groups in total. The highest BCUT2D eigenvalue weighted by molar-refractivity contribution is 6.42. The van der Waals surface area contributed by atoms with Crippen molar-refractivity contribution in [3.05, 3.63) is 57.6 Å². The van der Waals surface area contributed by atoms with Crippen LogP contribution in [0.5, 0.6) is 0 Å². The normalized spacial score (nSPS) is 10.8. The standard InChI is InChI=1S/C15H11Cl2N3O2/c16-10-5-12-13(6-11(10)17)20-15(19-12)18-7-8-1-3-9(4-2-8)14(21)22/h1-6H,7H2,(H,21,22)(H2,18,19,20). The van der Waals surface area contributed by atoms with Gasteiger partial charge in [0, 0.05) is 6.54 Å². The zero-order chi connectivity index (χ0) is 15.7. The number of fused-ring (bicyclic) bond motifs is 1. The maximum absolute atomic E-state index is 10.8. The van der Waals surface area contributed by atoms with Crippen LogP contribution in [-0.4, -0.2) is 21.0 Å². The first kappa shape index (κ1) is 14.7. The average molecular weight is 336 g/mol. The molecule has 0 fully saturated rings. The Morgan fingerprint density at radius 3 is 2.55 bits per heavy atom. The Bertz CT molecular complexity index is 805. The lowest BCUT2D eigenvalue weighted by Crippen LogP contribution is -2.02. The van der Waals surface area contributed by atoms with Crippen molar-refractivity contribution in [2.45, 2.75) is 6.54 Å². The van der Waals surface area contributed by atoms with Crippen molar-refractivity contribution in [1.29, 1.82) is 0 Å². The van der Waals surface area contributed by atoms with Crippen LogP contribution in [0.3, 0.4) is 0 Å². The summed E-state index contributed by atoms with van der Waals surface area (Å²) in [6.07, 6.45) is 0. The molecular formula is C15H11Cl2N3O2. The summed E-state index contributed by atoms with van der Waals surface area (Å²) in [6.45, 7) is 0.515. The predicted octanol–water partition coefficient (Wildman–Crippen LogP) is 4.18. The number of halogens is 2. The molecule has 0 atom stereocenters. The Morgan fingerprint density at radius 2 is 1.86 bits per heavy atom.